The second-order valence-electron chi connectivity index (χ2n) is 9.95. The van der Waals surface area contributed by atoms with Crippen molar-refractivity contribution in [1.82, 2.24) is 20.9 Å². The summed E-state index contributed by atoms with van der Waals surface area (Å²) >= 11 is 1.02. The summed E-state index contributed by atoms with van der Waals surface area (Å²) in [5.41, 5.74) is 6.09. The lowest BCUT2D eigenvalue weighted by atomic mass is 9.87. The zero-order chi connectivity index (χ0) is 30.6. The molecule has 0 saturated heterocycles. The Morgan fingerprint density at radius 3 is 2.54 bits per heavy atom. The molecule has 0 saturated carbocycles. The third kappa shape index (κ3) is 11.3. The molecule has 15 heteroatoms. The molecule has 0 radical (unpaired) electrons. The van der Waals surface area contributed by atoms with Crippen LogP contribution in [0.3, 0.4) is 0 Å². The molecule has 0 aliphatic carbocycles. The Morgan fingerprint density at radius 2 is 1.83 bits per heavy atom. The van der Waals surface area contributed by atoms with Crippen LogP contribution in [0.5, 0.6) is 5.75 Å². The van der Waals surface area contributed by atoms with Gasteiger partial charge in [0.1, 0.15) is 17.9 Å². The van der Waals surface area contributed by atoms with Crippen LogP contribution in [0.25, 0.3) is 10.9 Å². The maximum atomic E-state index is 12.3. The zero-order valence-corrected chi connectivity index (χ0v) is 23.7. The molecular weight excluding hydrogens is 558 g/mol. The first-order chi connectivity index (χ1) is 19.3. The van der Waals surface area contributed by atoms with E-state index in [2.05, 4.69) is 20.9 Å². The van der Waals surface area contributed by atoms with E-state index in [1.807, 2.05) is 6.20 Å². The van der Waals surface area contributed by atoms with E-state index < -0.39 is 41.8 Å². The van der Waals surface area contributed by atoms with Gasteiger partial charge in [0.15, 0.2) is 0 Å². The van der Waals surface area contributed by atoms with Crippen LogP contribution in [-0.4, -0.2) is 93.4 Å². The molecule has 2 aromatic rings. The lowest BCUT2D eigenvalue weighted by molar-refractivity contribution is -0.156. The van der Waals surface area contributed by atoms with Gasteiger partial charge in [-0.25, -0.2) is 0 Å². The number of amides is 3. The number of aromatic hydroxyl groups is 1. The predicted octanol–water partition coefficient (Wildman–Crippen LogP) is 0.214. The van der Waals surface area contributed by atoms with E-state index in [1.165, 1.54) is 13.8 Å². The van der Waals surface area contributed by atoms with Gasteiger partial charge >= 0.3 is 11.9 Å². The van der Waals surface area contributed by atoms with Gasteiger partial charge in [0.05, 0.1) is 13.0 Å². The number of aliphatic hydroxyl groups excluding tert-OH is 1. The molecule has 1 heterocycles. The molecule has 0 bridgehead atoms. The number of aliphatic hydroxyl groups is 1. The number of fused-ring (bicyclic) bond motifs is 1. The number of ether oxygens (including phenoxy) is 1. The molecule has 0 unspecified atom stereocenters. The number of carboxylic acid groups (broad SMARTS) is 1. The minimum atomic E-state index is -1.58. The predicted molar refractivity (Wildman–Crippen MR) is 151 cm³/mol. The highest BCUT2D eigenvalue weighted by Gasteiger charge is 2.35. The van der Waals surface area contributed by atoms with E-state index in [0.29, 0.717) is 18.7 Å². The number of H-pyrrole nitrogens is 1. The summed E-state index contributed by atoms with van der Waals surface area (Å²) in [5, 5.41) is 37.2. The molecule has 3 amide bonds. The van der Waals surface area contributed by atoms with Crippen LogP contribution in [0.1, 0.15) is 32.3 Å². The molecule has 41 heavy (non-hydrogen) atoms. The fourth-order valence-electron chi connectivity index (χ4n) is 3.61. The quantitative estimate of drug-likeness (QED) is 0.0965. The Balaban J connectivity index is 1.58. The highest BCUT2D eigenvalue weighted by Crippen LogP contribution is 2.23. The van der Waals surface area contributed by atoms with Gasteiger partial charge in [0.2, 0.25) is 11.8 Å². The zero-order valence-electron chi connectivity index (χ0n) is 22.9. The van der Waals surface area contributed by atoms with Crippen molar-refractivity contribution in [2.24, 2.45) is 11.1 Å². The number of aromatic amines is 1. The van der Waals surface area contributed by atoms with Crippen molar-refractivity contribution in [3.05, 3.63) is 30.0 Å². The first-order valence-corrected chi connectivity index (χ1v) is 13.8. The number of thioether (sulfide) groups is 1. The van der Waals surface area contributed by atoms with Crippen molar-refractivity contribution >= 4 is 51.7 Å². The Kier molecular flexibility index (Phi) is 12.9. The van der Waals surface area contributed by atoms with E-state index in [4.69, 9.17) is 15.6 Å². The average Bonchev–Trinajstić information content (AvgIpc) is 3.30. The molecule has 2 rings (SSSR count). The number of carbonyl (C=O) groups is 5. The smallest absolute Gasteiger partial charge is 0.323 e. The van der Waals surface area contributed by atoms with Gasteiger partial charge < -0.3 is 46.7 Å². The first kappa shape index (κ1) is 33.4. The number of benzene rings is 1. The van der Waals surface area contributed by atoms with Crippen molar-refractivity contribution in [1.29, 1.82) is 0 Å². The van der Waals surface area contributed by atoms with Crippen molar-refractivity contribution in [2.75, 3.05) is 32.0 Å². The fourth-order valence-corrected chi connectivity index (χ4v) is 4.21. The number of aliphatic carboxylic acids is 1. The molecule has 1 aromatic carbocycles. The number of nitrogens with two attached hydrogens (primary N) is 1. The fraction of sp³-hybridized carbons (Fsp3) is 0.500. The summed E-state index contributed by atoms with van der Waals surface area (Å²) < 4.78 is 4.94. The van der Waals surface area contributed by atoms with Gasteiger partial charge in [-0.2, -0.15) is 0 Å². The van der Waals surface area contributed by atoms with Crippen molar-refractivity contribution in [3.63, 3.8) is 0 Å². The normalized spacial score (nSPS) is 12.8. The number of esters is 1. The monoisotopic (exact) mass is 595 g/mol. The third-order valence-corrected chi connectivity index (χ3v) is 6.81. The number of hydrogen-bond donors (Lipinski definition) is 8. The van der Waals surface area contributed by atoms with E-state index in [9.17, 15) is 34.2 Å². The molecule has 0 spiro atoms. The summed E-state index contributed by atoms with van der Waals surface area (Å²) in [6.45, 7) is 3.15. The minimum Gasteiger partial charge on any atom is -0.508 e. The van der Waals surface area contributed by atoms with Crippen molar-refractivity contribution < 1.29 is 44.0 Å². The van der Waals surface area contributed by atoms with E-state index in [0.717, 1.165) is 28.2 Å². The summed E-state index contributed by atoms with van der Waals surface area (Å²) in [5.74, 6) is -2.85. The number of carbonyl (C=O) groups excluding carboxylic acids is 4. The van der Waals surface area contributed by atoms with Gasteiger partial charge in [-0.1, -0.05) is 25.6 Å². The summed E-state index contributed by atoms with van der Waals surface area (Å²) in [6.07, 6.45) is 0.164. The summed E-state index contributed by atoms with van der Waals surface area (Å²) in [4.78, 5) is 61.9. The lowest BCUT2D eigenvalue weighted by Gasteiger charge is -2.29. The van der Waals surface area contributed by atoms with Crippen LogP contribution >= 0.6 is 11.8 Å². The lowest BCUT2D eigenvalue weighted by Crippen LogP contribution is -2.47. The maximum Gasteiger partial charge on any atom is 0.323 e. The highest BCUT2D eigenvalue weighted by atomic mass is 32.2. The molecule has 1 aromatic heterocycles. The van der Waals surface area contributed by atoms with E-state index >= 15 is 0 Å². The molecular formula is C26H37N5O9S. The van der Waals surface area contributed by atoms with Crippen molar-refractivity contribution in [2.45, 2.75) is 45.3 Å². The number of aromatic nitrogens is 1. The Labute approximate surface area is 240 Å². The summed E-state index contributed by atoms with van der Waals surface area (Å²) in [7, 11) is 0. The van der Waals surface area contributed by atoms with Crippen LogP contribution in [0.15, 0.2) is 24.4 Å². The number of nitrogens with one attached hydrogen (secondary N) is 4. The van der Waals surface area contributed by atoms with Crippen LogP contribution < -0.4 is 21.7 Å². The van der Waals surface area contributed by atoms with Crippen LogP contribution in [0, 0.1) is 5.41 Å². The first-order valence-electron chi connectivity index (χ1n) is 12.9. The molecule has 0 aliphatic rings. The molecule has 2 atom stereocenters. The Bertz CT molecular complexity index is 1230. The number of phenols is 1. The van der Waals surface area contributed by atoms with Crippen LogP contribution in [0.4, 0.5) is 4.79 Å². The molecule has 226 valence electrons. The number of carboxylic acids is 1. The standard InChI is InChI=1S/C26H37N5O9S/c1-26(2,14-40-24(38)18(27)12-21(34)35)22(36)23(37)29-8-6-20(33)28-9-10-41-25(39)30-7-5-15-13-31-19-4-3-16(32)11-17(15)19/h3-4,11,13,18,22,31-32,36H,5-10,12,14,27H2,1-2H3,(H,28,33)(H,29,37)(H,30,39)(H,34,35)/t18-,22-/m0/s1. The SMILES string of the molecule is CC(C)(COC(=O)[C@@H](N)CC(=O)O)[C@@H](O)C(=O)NCCC(=O)NCCSC(=O)NCCc1c[nH]c2ccc(O)cc12. The second-order valence-corrected chi connectivity index (χ2v) is 11.0. The second kappa shape index (κ2) is 15.8. The van der Waals surface area contributed by atoms with Gasteiger partial charge in [0, 0.05) is 54.3 Å². The summed E-state index contributed by atoms with van der Waals surface area (Å²) in [6, 6.07) is 3.67. The maximum absolute atomic E-state index is 12.3. The van der Waals surface area contributed by atoms with Crippen molar-refractivity contribution in [3.8, 4) is 5.75 Å². The molecule has 9 N–H and O–H groups in total. The Morgan fingerprint density at radius 1 is 1.10 bits per heavy atom. The largest absolute Gasteiger partial charge is 0.508 e. The molecule has 0 fully saturated rings. The van der Waals surface area contributed by atoms with Gasteiger partial charge in [-0.3, -0.25) is 24.0 Å². The van der Waals surface area contributed by atoms with Crippen LogP contribution in [-0.2, 0) is 30.3 Å². The minimum absolute atomic E-state index is 0.0552. The van der Waals surface area contributed by atoms with Gasteiger partial charge in [-0.15, -0.1) is 0 Å². The number of rotatable bonds is 16. The van der Waals surface area contributed by atoms with E-state index in [-0.39, 0.29) is 43.0 Å². The topological polar surface area (TPSA) is 233 Å². The van der Waals surface area contributed by atoms with Gasteiger partial charge in [-0.05, 0) is 30.2 Å². The van der Waals surface area contributed by atoms with Gasteiger partial charge in [0.25, 0.3) is 5.24 Å². The van der Waals surface area contributed by atoms with E-state index in [1.54, 1.807) is 18.2 Å². The number of phenolic OH excluding ortho intramolecular Hbond substituents is 1. The molecule has 0 aliphatic heterocycles. The van der Waals surface area contributed by atoms with Crippen LogP contribution in [0.2, 0.25) is 0 Å². The highest BCUT2D eigenvalue weighted by molar-refractivity contribution is 8.13. The third-order valence-electron chi connectivity index (χ3n) is 6.00. The number of hydrogen-bond acceptors (Lipinski definition) is 10. The Hall–Kier alpha value is -3.82. The average molecular weight is 596 g/mol. The molecule has 14 nitrogen and oxygen atoms in total.